The maximum absolute atomic E-state index is 12.6. The zero-order valence-corrected chi connectivity index (χ0v) is 10.4. The summed E-state index contributed by atoms with van der Waals surface area (Å²) in [5.74, 6) is 0. The maximum atomic E-state index is 12.6. The van der Waals surface area contributed by atoms with Gasteiger partial charge in [0.25, 0.3) is 0 Å². The van der Waals surface area contributed by atoms with Crippen molar-refractivity contribution in [2.75, 3.05) is 0 Å². The van der Waals surface area contributed by atoms with Gasteiger partial charge in [-0.2, -0.15) is 18.4 Å². The topological polar surface area (TPSA) is 23.8 Å². The Morgan fingerprint density at radius 1 is 1.27 bits per heavy atom. The van der Waals surface area contributed by atoms with E-state index in [0.29, 0.717) is 4.47 Å². The molecule has 6 heteroatoms. The van der Waals surface area contributed by atoms with Crippen LogP contribution in [0, 0.1) is 11.3 Å². The Bertz CT molecular complexity index is 421. The van der Waals surface area contributed by atoms with Gasteiger partial charge in [-0.25, -0.2) is 0 Å². The van der Waals surface area contributed by atoms with E-state index >= 15 is 0 Å². The summed E-state index contributed by atoms with van der Waals surface area (Å²) >= 11 is 5.92. The van der Waals surface area contributed by atoms with Crippen LogP contribution in [0.4, 0.5) is 13.2 Å². The number of hydrogen-bond acceptors (Lipinski definition) is 1. The number of hydrogen-bond donors (Lipinski definition) is 0. The predicted molar refractivity (Wildman–Crippen MR) is 56.2 cm³/mol. The van der Waals surface area contributed by atoms with Crippen LogP contribution < -0.4 is 0 Å². The largest absolute Gasteiger partial charge is 0.417 e. The van der Waals surface area contributed by atoms with Gasteiger partial charge < -0.3 is 0 Å². The van der Waals surface area contributed by atoms with Crippen molar-refractivity contribution in [2.24, 2.45) is 0 Å². The molecule has 15 heavy (non-hydrogen) atoms. The number of benzene rings is 1. The van der Waals surface area contributed by atoms with Gasteiger partial charge in [0.15, 0.2) is 0 Å². The molecular weight excluding hydrogens is 339 g/mol. The Kier molecular flexibility index (Phi) is 3.79. The summed E-state index contributed by atoms with van der Waals surface area (Å²) in [5, 5.41) is 8.44. The fourth-order valence-electron chi connectivity index (χ4n) is 1.17. The molecule has 1 nitrogen and oxygen atoms in total. The minimum Gasteiger partial charge on any atom is -0.198 e. The van der Waals surface area contributed by atoms with E-state index in [9.17, 15) is 13.2 Å². The second-order valence-corrected chi connectivity index (χ2v) is 4.52. The molecular formula is C9H4Br2F3N. The number of halogens is 5. The van der Waals surface area contributed by atoms with Gasteiger partial charge in [-0.3, -0.25) is 0 Å². The van der Waals surface area contributed by atoms with Gasteiger partial charge in [-0.15, -0.1) is 0 Å². The molecule has 0 aliphatic carbocycles. The van der Waals surface area contributed by atoms with Crippen molar-refractivity contribution in [1.29, 1.82) is 5.26 Å². The first-order valence-corrected chi connectivity index (χ1v) is 5.37. The molecule has 0 atom stereocenters. The lowest BCUT2D eigenvalue weighted by Gasteiger charge is -2.13. The van der Waals surface area contributed by atoms with Crippen LogP contribution in [0.25, 0.3) is 0 Å². The molecule has 0 aliphatic heterocycles. The third-order valence-electron chi connectivity index (χ3n) is 1.69. The minimum atomic E-state index is -4.45. The first-order chi connectivity index (χ1) is 6.86. The van der Waals surface area contributed by atoms with Crippen molar-refractivity contribution in [3.05, 3.63) is 32.2 Å². The molecule has 80 valence electrons. The molecule has 0 unspecified atom stereocenters. The van der Waals surface area contributed by atoms with E-state index in [4.69, 9.17) is 5.26 Å². The lowest BCUT2D eigenvalue weighted by molar-refractivity contribution is -0.138. The Labute approximate surface area is 101 Å². The van der Waals surface area contributed by atoms with Crippen molar-refractivity contribution in [3.8, 4) is 6.07 Å². The smallest absolute Gasteiger partial charge is 0.198 e. The maximum Gasteiger partial charge on any atom is 0.417 e. The van der Waals surface area contributed by atoms with Crippen LogP contribution in [0.5, 0.6) is 0 Å². The highest BCUT2D eigenvalue weighted by Crippen LogP contribution is 2.39. The van der Waals surface area contributed by atoms with Gasteiger partial charge >= 0.3 is 6.18 Å². The highest BCUT2D eigenvalue weighted by Gasteiger charge is 2.35. The molecule has 1 rings (SSSR count). The quantitative estimate of drug-likeness (QED) is 0.746. The van der Waals surface area contributed by atoms with Gasteiger partial charge in [-0.05, 0) is 17.7 Å². The van der Waals surface area contributed by atoms with Crippen molar-refractivity contribution in [3.63, 3.8) is 0 Å². The average molecular weight is 343 g/mol. The lowest BCUT2D eigenvalue weighted by atomic mass is 10.1. The zero-order valence-electron chi connectivity index (χ0n) is 7.20. The lowest BCUT2D eigenvalue weighted by Crippen LogP contribution is -2.10. The second-order valence-electron chi connectivity index (χ2n) is 2.75. The Hall–Kier alpha value is -0.540. The summed E-state index contributed by atoms with van der Waals surface area (Å²) in [6, 6.07) is 4.32. The molecule has 0 heterocycles. The molecule has 0 aliphatic rings. The fraction of sp³-hybridized carbons (Fsp3) is 0.222. The van der Waals surface area contributed by atoms with E-state index in [-0.39, 0.29) is 16.5 Å². The summed E-state index contributed by atoms with van der Waals surface area (Å²) in [4.78, 5) is 0. The number of nitrogens with zero attached hydrogens (tertiary/aromatic N) is 1. The van der Waals surface area contributed by atoms with E-state index in [1.165, 1.54) is 12.1 Å². The Balaban J connectivity index is 3.42. The molecule has 0 aromatic heterocycles. The molecule has 0 radical (unpaired) electrons. The Morgan fingerprint density at radius 2 is 1.87 bits per heavy atom. The minimum absolute atomic E-state index is 0.0359. The SMILES string of the molecule is N#CCc1cc(Br)cc(Br)c1C(F)(F)F. The molecule has 0 N–H and O–H groups in total. The van der Waals surface area contributed by atoms with Gasteiger partial charge in [0.1, 0.15) is 0 Å². The van der Waals surface area contributed by atoms with E-state index in [0.717, 1.165) is 0 Å². The van der Waals surface area contributed by atoms with E-state index < -0.39 is 11.7 Å². The third-order valence-corrected chi connectivity index (χ3v) is 2.77. The van der Waals surface area contributed by atoms with Crippen molar-refractivity contribution >= 4 is 31.9 Å². The number of rotatable bonds is 1. The number of alkyl halides is 3. The van der Waals surface area contributed by atoms with Gasteiger partial charge in [0.05, 0.1) is 18.1 Å². The van der Waals surface area contributed by atoms with Crippen molar-refractivity contribution < 1.29 is 13.2 Å². The molecule has 0 spiro atoms. The molecule has 1 aromatic carbocycles. The highest BCUT2D eigenvalue weighted by molar-refractivity contribution is 9.11. The van der Waals surface area contributed by atoms with Gasteiger partial charge in [0.2, 0.25) is 0 Å². The van der Waals surface area contributed by atoms with E-state index in [1.54, 1.807) is 6.07 Å². The van der Waals surface area contributed by atoms with Crippen LogP contribution >= 0.6 is 31.9 Å². The molecule has 0 fully saturated rings. The van der Waals surface area contributed by atoms with Crippen molar-refractivity contribution in [2.45, 2.75) is 12.6 Å². The zero-order chi connectivity index (χ0) is 11.6. The summed E-state index contributed by atoms with van der Waals surface area (Å²) in [5.41, 5.74) is -0.821. The standard InChI is InChI=1S/C9H4Br2F3N/c10-6-3-5(1-2-15)8(7(11)4-6)9(12,13)14/h3-4H,1H2. The van der Waals surface area contributed by atoms with Crippen LogP contribution in [0.2, 0.25) is 0 Å². The monoisotopic (exact) mass is 341 g/mol. The fourth-order valence-corrected chi connectivity index (χ4v) is 2.71. The predicted octanol–water partition coefficient (Wildman–Crippen LogP) is 4.30. The molecule has 0 saturated carbocycles. The summed E-state index contributed by atoms with van der Waals surface area (Å²) in [7, 11) is 0. The van der Waals surface area contributed by atoms with E-state index in [1.807, 2.05) is 0 Å². The molecule has 0 saturated heterocycles. The van der Waals surface area contributed by atoms with Crippen LogP contribution in [-0.2, 0) is 12.6 Å². The van der Waals surface area contributed by atoms with Crippen LogP contribution in [0.1, 0.15) is 11.1 Å². The summed E-state index contributed by atoms with van der Waals surface area (Å²) in [6.07, 6.45) is -4.72. The average Bonchev–Trinajstić information content (AvgIpc) is 1.99. The third kappa shape index (κ3) is 2.95. The first kappa shape index (κ1) is 12.5. The van der Waals surface area contributed by atoms with Crippen LogP contribution in [-0.4, -0.2) is 0 Å². The molecule has 0 amide bonds. The van der Waals surface area contributed by atoms with Gasteiger partial charge in [0, 0.05) is 8.95 Å². The van der Waals surface area contributed by atoms with Crippen LogP contribution in [0.15, 0.2) is 21.1 Å². The Morgan fingerprint density at radius 3 is 2.33 bits per heavy atom. The van der Waals surface area contributed by atoms with Crippen LogP contribution in [0.3, 0.4) is 0 Å². The summed E-state index contributed by atoms with van der Waals surface area (Å²) < 4.78 is 38.3. The van der Waals surface area contributed by atoms with Crippen molar-refractivity contribution in [1.82, 2.24) is 0 Å². The normalized spacial score (nSPS) is 11.2. The highest BCUT2D eigenvalue weighted by atomic mass is 79.9. The molecule has 1 aromatic rings. The summed E-state index contributed by atoms with van der Waals surface area (Å²) in [6.45, 7) is 0. The first-order valence-electron chi connectivity index (χ1n) is 3.78. The second kappa shape index (κ2) is 4.54. The van der Waals surface area contributed by atoms with Gasteiger partial charge in [-0.1, -0.05) is 31.9 Å². The molecule has 0 bridgehead atoms. The van der Waals surface area contributed by atoms with E-state index in [2.05, 4.69) is 31.9 Å². The number of nitriles is 1.